The van der Waals surface area contributed by atoms with E-state index in [2.05, 4.69) is 5.32 Å². The molecule has 2 aromatic carbocycles. The molecule has 0 fully saturated rings. The normalized spacial score (nSPS) is 10.9. The number of anilines is 1. The summed E-state index contributed by atoms with van der Waals surface area (Å²) in [5, 5.41) is 17.4. The van der Waals surface area contributed by atoms with Gasteiger partial charge in [0.2, 0.25) is 0 Å². The first-order chi connectivity index (χ1) is 12.5. The van der Waals surface area contributed by atoms with Crippen molar-refractivity contribution in [3.8, 4) is 0 Å². The van der Waals surface area contributed by atoms with E-state index in [0.717, 1.165) is 5.39 Å². The molecule has 7 nitrogen and oxygen atoms in total. The van der Waals surface area contributed by atoms with E-state index in [1.807, 2.05) is 12.1 Å². The lowest BCUT2D eigenvalue weighted by molar-refractivity contribution is -0.384. The van der Waals surface area contributed by atoms with Gasteiger partial charge in [-0.25, -0.2) is 4.79 Å². The first-order valence-electron chi connectivity index (χ1n) is 7.53. The summed E-state index contributed by atoms with van der Waals surface area (Å²) in [6.45, 7) is 0. The van der Waals surface area contributed by atoms with Gasteiger partial charge >= 0.3 is 5.63 Å². The largest absolute Gasteiger partial charge is 0.422 e. The molecule has 1 N–H and O–H groups in total. The van der Waals surface area contributed by atoms with Crippen LogP contribution in [0.1, 0.15) is 10.4 Å². The molecule has 0 spiro atoms. The molecule has 0 aliphatic rings. The van der Waals surface area contributed by atoms with Crippen molar-refractivity contribution >= 4 is 49.7 Å². The van der Waals surface area contributed by atoms with Crippen LogP contribution >= 0.6 is 11.3 Å². The maximum atomic E-state index is 12.4. The molecular formula is C18H10N2O5S. The number of amides is 1. The Morgan fingerprint density at radius 3 is 2.73 bits per heavy atom. The fourth-order valence-corrected chi connectivity index (χ4v) is 3.66. The lowest BCUT2D eigenvalue weighted by atomic mass is 10.1. The van der Waals surface area contributed by atoms with Gasteiger partial charge in [0.1, 0.15) is 16.0 Å². The van der Waals surface area contributed by atoms with Gasteiger partial charge in [-0.05, 0) is 12.1 Å². The standard InChI is InChI=1S/C18H10N2O5S/c21-16(10-4-3-5-11(8-10)20(23)24)19-17-15-13(9-26-17)12-6-1-2-7-14(12)25-18(15)22/h1-9H,(H,19,21). The highest BCUT2D eigenvalue weighted by Crippen LogP contribution is 2.33. The van der Waals surface area contributed by atoms with Crippen molar-refractivity contribution in [3.63, 3.8) is 0 Å². The number of benzene rings is 2. The Kier molecular flexibility index (Phi) is 3.74. The van der Waals surface area contributed by atoms with Crippen molar-refractivity contribution in [3.05, 3.63) is 80.0 Å². The fourth-order valence-electron chi connectivity index (χ4n) is 2.72. The monoisotopic (exact) mass is 366 g/mol. The van der Waals surface area contributed by atoms with Gasteiger partial charge in [0.05, 0.1) is 4.92 Å². The van der Waals surface area contributed by atoms with Gasteiger partial charge in [0.15, 0.2) is 0 Å². The van der Waals surface area contributed by atoms with Crippen LogP contribution in [-0.2, 0) is 0 Å². The maximum Gasteiger partial charge on any atom is 0.347 e. The summed E-state index contributed by atoms with van der Waals surface area (Å²) in [4.78, 5) is 35.1. The number of thiophene rings is 1. The van der Waals surface area contributed by atoms with E-state index >= 15 is 0 Å². The number of hydrogen-bond donors (Lipinski definition) is 1. The zero-order chi connectivity index (χ0) is 18.3. The number of hydrogen-bond acceptors (Lipinski definition) is 6. The topological polar surface area (TPSA) is 102 Å². The van der Waals surface area contributed by atoms with E-state index < -0.39 is 16.5 Å². The minimum atomic E-state index is -0.571. The average molecular weight is 366 g/mol. The summed E-state index contributed by atoms with van der Waals surface area (Å²) >= 11 is 1.20. The van der Waals surface area contributed by atoms with Crippen LogP contribution in [-0.4, -0.2) is 10.8 Å². The molecule has 4 rings (SSSR count). The zero-order valence-electron chi connectivity index (χ0n) is 13.1. The van der Waals surface area contributed by atoms with Crippen LogP contribution in [0.15, 0.2) is 63.1 Å². The SMILES string of the molecule is O=C(Nc1scc2c1c(=O)oc1ccccc12)c1cccc([N+](=O)[O-])c1. The van der Waals surface area contributed by atoms with Crippen LogP contribution < -0.4 is 10.9 Å². The van der Waals surface area contributed by atoms with E-state index in [0.29, 0.717) is 16.0 Å². The number of nitrogens with one attached hydrogen (secondary N) is 1. The number of fused-ring (bicyclic) bond motifs is 3. The van der Waals surface area contributed by atoms with Gasteiger partial charge in [-0.2, -0.15) is 0 Å². The molecule has 0 bridgehead atoms. The molecule has 0 radical (unpaired) electrons. The third-order valence-corrected chi connectivity index (χ3v) is 4.82. The lowest BCUT2D eigenvalue weighted by Crippen LogP contribution is -2.12. The Morgan fingerprint density at radius 1 is 1.12 bits per heavy atom. The van der Waals surface area contributed by atoms with E-state index in [1.54, 1.807) is 17.5 Å². The number of nitro benzene ring substituents is 1. The zero-order valence-corrected chi connectivity index (χ0v) is 13.9. The minimum Gasteiger partial charge on any atom is -0.422 e. The highest BCUT2D eigenvalue weighted by atomic mass is 32.1. The van der Waals surface area contributed by atoms with Crippen LogP contribution in [0.5, 0.6) is 0 Å². The summed E-state index contributed by atoms with van der Waals surface area (Å²) in [6, 6.07) is 12.5. The maximum absolute atomic E-state index is 12.4. The number of non-ortho nitro benzene ring substituents is 1. The first-order valence-corrected chi connectivity index (χ1v) is 8.41. The molecule has 0 aliphatic carbocycles. The Labute approximate surface area is 149 Å². The van der Waals surface area contributed by atoms with Crippen molar-refractivity contribution < 1.29 is 14.1 Å². The molecule has 26 heavy (non-hydrogen) atoms. The number of carbonyl (C=O) groups is 1. The van der Waals surface area contributed by atoms with Crippen molar-refractivity contribution in [2.24, 2.45) is 0 Å². The molecule has 2 aromatic heterocycles. The van der Waals surface area contributed by atoms with E-state index in [-0.39, 0.29) is 16.6 Å². The summed E-state index contributed by atoms with van der Waals surface area (Å²) in [7, 11) is 0. The second-order valence-corrected chi connectivity index (χ2v) is 6.38. The Bertz CT molecular complexity index is 1240. The van der Waals surface area contributed by atoms with Crippen molar-refractivity contribution in [1.29, 1.82) is 0 Å². The summed E-state index contributed by atoms with van der Waals surface area (Å²) in [5.41, 5.74) is -0.126. The van der Waals surface area contributed by atoms with Crippen LogP contribution in [0.2, 0.25) is 0 Å². The van der Waals surface area contributed by atoms with Gasteiger partial charge in [-0.1, -0.05) is 24.3 Å². The Balaban J connectivity index is 1.77. The molecule has 0 saturated carbocycles. The summed E-state index contributed by atoms with van der Waals surface area (Å²) in [6.07, 6.45) is 0. The quantitative estimate of drug-likeness (QED) is 0.333. The average Bonchev–Trinajstić information content (AvgIpc) is 3.06. The highest BCUT2D eigenvalue weighted by Gasteiger charge is 2.17. The predicted molar refractivity (Wildman–Crippen MR) is 98.9 cm³/mol. The number of para-hydroxylation sites is 1. The molecule has 0 saturated heterocycles. The smallest absolute Gasteiger partial charge is 0.347 e. The number of nitrogens with zero attached hydrogens (tertiary/aromatic N) is 1. The molecule has 0 unspecified atom stereocenters. The van der Waals surface area contributed by atoms with Crippen LogP contribution in [0, 0.1) is 10.1 Å². The fraction of sp³-hybridized carbons (Fsp3) is 0. The molecule has 1 amide bonds. The lowest BCUT2D eigenvalue weighted by Gasteiger charge is -2.04. The molecule has 0 atom stereocenters. The third-order valence-electron chi connectivity index (χ3n) is 3.92. The second-order valence-electron chi connectivity index (χ2n) is 5.50. The summed E-state index contributed by atoms with van der Waals surface area (Å²) < 4.78 is 5.32. The molecule has 0 aliphatic heterocycles. The Morgan fingerprint density at radius 2 is 1.92 bits per heavy atom. The first kappa shape index (κ1) is 16.0. The number of nitro groups is 1. The second kappa shape index (κ2) is 6.08. The van der Waals surface area contributed by atoms with E-state index in [9.17, 15) is 19.7 Å². The Hall–Kier alpha value is -3.52. The van der Waals surface area contributed by atoms with Crippen molar-refractivity contribution in [1.82, 2.24) is 0 Å². The molecule has 2 heterocycles. The summed E-state index contributed by atoms with van der Waals surface area (Å²) in [5.74, 6) is -0.537. The van der Waals surface area contributed by atoms with Crippen LogP contribution in [0.25, 0.3) is 21.7 Å². The van der Waals surface area contributed by atoms with Crippen molar-refractivity contribution in [2.75, 3.05) is 5.32 Å². The van der Waals surface area contributed by atoms with Gasteiger partial charge in [0, 0.05) is 33.8 Å². The van der Waals surface area contributed by atoms with Gasteiger partial charge in [-0.3, -0.25) is 14.9 Å². The molecule has 128 valence electrons. The predicted octanol–water partition coefficient (Wildman–Crippen LogP) is 4.17. The van der Waals surface area contributed by atoms with Crippen molar-refractivity contribution in [2.45, 2.75) is 0 Å². The minimum absolute atomic E-state index is 0.130. The van der Waals surface area contributed by atoms with Crippen LogP contribution in [0.4, 0.5) is 10.7 Å². The number of carbonyl (C=O) groups excluding carboxylic acids is 1. The molecule has 8 heteroatoms. The number of rotatable bonds is 3. The van der Waals surface area contributed by atoms with Crippen LogP contribution in [0.3, 0.4) is 0 Å². The van der Waals surface area contributed by atoms with Gasteiger partial charge in [0.25, 0.3) is 11.6 Å². The van der Waals surface area contributed by atoms with Gasteiger partial charge < -0.3 is 9.73 Å². The molecular weight excluding hydrogens is 356 g/mol. The highest BCUT2D eigenvalue weighted by molar-refractivity contribution is 7.16. The van der Waals surface area contributed by atoms with E-state index in [4.69, 9.17) is 4.42 Å². The molecule has 4 aromatic rings. The van der Waals surface area contributed by atoms with Gasteiger partial charge in [-0.15, -0.1) is 11.3 Å². The van der Waals surface area contributed by atoms with E-state index in [1.165, 1.54) is 35.6 Å². The third kappa shape index (κ3) is 2.62.